The summed E-state index contributed by atoms with van der Waals surface area (Å²) in [6, 6.07) is 11.8. The van der Waals surface area contributed by atoms with Crippen LogP contribution >= 0.6 is 15.9 Å². The predicted molar refractivity (Wildman–Crippen MR) is 114 cm³/mol. The second-order valence-electron chi connectivity index (χ2n) is 6.72. The van der Waals surface area contributed by atoms with E-state index in [1.54, 1.807) is 18.2 Å². The lowest BCUT2D eigenvalue weighted by Crippen LogP contribution is -2.43. The zero-order valence-corrected chi connectivity index (χ0v) is 18.6. The summed E-state index contributed by atoms with van der Waals surface area (Å²) in [5, 5.41) is 2.87. The van der Waals surface area contributed by atoms with E-state index in [4.69, 9.17) is 9.47 Å². The molecule has 1 aliphatic heterocycles. The predicted octanol–water partition coefficient (Wildman–Crippen LogP) is 3.51. The first-order valence-corrected chi connectivity index (χ1v) is 11.4. The van der Waals surface area contributed by atoms with Crippen LogP contribution in [-0.2, 0) is 14.8 Å². The molecule has 1 heterocycles. The number of ether oxygens (including phenoxy) is 2. The second kappa shape index (κ2) is 9.15. The van der Waals surface area contributed by atoms with E-state index in [-0.39, 0.29) is 17.3 Å². The normalized spacial score (nSPS) is 17.6. The molecule has 0 bridgehead atoms. The third kappa shape index (κ3) is 4.91. The van der Waals surface area contributed by atoms with Crippen molar-refractivity contribution in [2.75, 3.05) is 32.6 Å². The zero-order valence-electron chi connectivity index (χ0n) is 16.2. The minimum atomic E-state index is -3.76. The van der Waals surface area contributed by atoms with Gasteiger partial charge in [0.05, 0.1) is 25.0 Å². The van der Waals surface area contributed by atoms with E-state index in [1.165, 1.54) is 30.7 Å². The Kier molecular flexibility index (Phi) is 6.81. The lowest BCUT2D eigenvalue weighted by molar-refractivity contribution is -0.120. The molecular formula is C20H23BrN2O5S. The summed E-state index contributed by atoms with van der Waals surface area (Å²) in [5.74, 6) is 0.193. The Morgan fingerprint density at radius 2 is 1.90 bits per heavy atom. The van der Waals surface area contributed by atoms with E-state index < -0.39 is 15.9 Å². The maximum atomic E-state index is 13.1. The number of halogens is 1. The largest absolute Gasteiger partial charge is 0.493 e. The van der Waals surface area contributed by atoms with Crippen LogP contribution < -0.4 is 14.8 Å². The number of rotatable bonds is 6. The quantitative estimate of drug-likeness (QED) is 0.680. The second-order valence-corrected chi connectivity index (χ2v) is 9.57. The molecule has 0 saturated carbocycles. The van der Waals surface area contributed by atoms with E-state index in [2.05, 4.69) is 21.2 Å². The number of sulfonamides is 1. The van der Waals surface area contributed by atoms with Crippen LogP contribution in [0.5, 0.6) is 11.5 Å². The average Bonchev–Trinajstić information content (AvgIpc) is 2.73. The highest BCUT2D eigenvalue weighted by atomic mass is 79.9. The Labute approximate surface area is 179 Å². The monoisotopic (exact) mass is 482 g/mol. The van der Waals surface area contributed by atoms with Gasteiger partial charge in [-0.15, -0.1) is 0 Å². The molecule has 2 aromatic rings. The summed E-state index contributed by atoms with van der Waals surface area (Å²) in [6.07, 6.45) is 1.25. The Balaban J connectivity index is 1.76. The van der Waals surface area contributed by atoms with Crippen LogP contribution in [0.2, 0.25) is 0 Å². The van der Waals surface area contributed by atoms with E-state index in [0.717, 1.165) is 4.47 Å². The minimum Gasteiger partial charge on any atom is -0.493 e. The molecule has 1 fully saturated rings. The molecule has 0 aliphatic carbocycles. The van der Waals surface area contributed by atoms with Gasteiger partial charge in [-0.25, -0.2) is 8.42 Å². The lowest BCUT2D eigenvalue weighted by atomic mass is 9.99. The molecule has 1 saturated heterocycles. The number of hydrogen-bond acceptors (Lipinski definition) is 5. The van der Waals surface area contributed by atoms with Gasteiger partial charge in [-0.1, -0.05) is 22.0 Å². The summed E-state index contributed by atoms with van der Waals surface area (Å²) >= 11 is 3.37. The number of piperidine rings is 1. The summed E-state index contributed by atoms with van der Waals surface area (Å²) in [4.78, 5) is 12.8. The molecule has 29 heavy (non-hydrogen) atoms. The third-order valence-electron chi connectivity index (χ3n) is 4.84. The molecule has 9 heteroatoms. The maximum absolute atomic E-state index is 13.1. The van der Waals surface area contributed by atoms with Gasteiger partial charge >= 0.3 is 0 Å². The fourth-order valence-corrected chi connectivity index (χ4v) is 5.25. The van der Waals surface area contributed by atoms with Crippen molar-refractivity contribution >= 4 is 37.5 Å². The number of methoxy groups -OCH3 is 2. The van der Waals surface area contributed by atoms with Crippen molar-refractivity contribution in [3.8, 4) is 11.5 Å². The molecule has 3 rings (SSSR count). The molecule has 156 valence electrons. The van der Waals surface area contributed by atoms with Gasteiger partial charge in [0.1, 0.15) is 0 Å². The van der Waals surface area contributed by atoms with E-state index in [9.17, 15) is 13.2 Å². The van der Waals surface area contributed by atoms with Crippen LogP contribution in [0.25, 0.3) is 0 Å². The molecule has 1 N–H and O–H groups in total. The van der Waals surface area contributed by atoms with Crippen LogP contribution in [0, 0.1) is 5.92 Å². The molecule has 1 atom stereocenters. The molecule has 0 aromatic heterocycles. The number of anilines is 1. The fraction of sp³-hybridized carbons (Fsp3) is 0.350. The van der Waals surface area contributed by atoms with Crippen molar-refractivity contribution in [3.63, 3.8) is 0 Å². The van der Waals surface area contributed by atoms with Crippen molar-refractivity contribution < 1.29 is 22.7 Å². The van der Waals surface area contributed by atoms with Crippen molar-refractivity contribution in [2.24, 2.45) is 5.92 Å². The Bertz CT molecular complexity index is 996. The highest BCUT2D eigenvalue weighted by Gasteiger charge is 2.33. The highest BCUT2D eigenvalue weighted by molar-refractivity contribution is 9.10. The highest BCUT2D eigenvalue weighted by Crippen LogP contribution is 2.32. The SMILES string of the molecule is COc1ccc(S(=O)(=O)N2CCC[C@@H](C(=O)Nc3cccc(Br)c3)C2)cc1OC. The van der Waals surface area contributed by atoms with E-state index in [1.807, 2.05) is 12.1 Å². The maximum Gasteiger partial charge on any atom is 0.243 e. The average molecular weight is 483 g/mol. The topological polar surface area (TPSA) is 84.9 Å². The first-order chi connectivity index (χ1) is 13.8. The molecule has 1 aliphatic rings. The smallest absolute Gasteiger partial charge is 0.243 e. The summed E-state index contributed by atoms with van der Waals surface area (Å²) < 4.78 is 38.8. The van der Waals surface area contributed by atoms with E-state index >= 15 is 0 Å². The zero-order chi connectivity index (χ0) is 21.0. The van der Waals surface area contributed by atoms with Crippen LogP contribution in [0.1, 0.15) is 12.8 Å². The summed E-state index contributed by atoms with van der Waals surface area (Å²) in [6.45, 7) is 0.508. The molecule has 0 radical (unpaired) electrons. The number of nitrogens with zero attached hydrogens (tertiary/aromatic N) is 1. The van der Waals surface area contributed by atoms with Crippen LogP contribution in [-0.4, -0.2) is 45.9 Å². The van der Waals surface area contributed by atoms with Crippen molar-refractivity contribution in [3.05, 3.63) is 46.9 Å². The number of benzene rings is 2. The van der Waals surface area contributed by atoms with Crippen LogP contribution in [0.15, 0.2) is 51.8 Å². The number of nitrogens with one attached hydrogen (secondary N) is 1. The third-order valence-corrected chi connectivity index (χ3v) is 7.19. The van der Waals surface area contributed by atoms with Gasteiger partial charge in [0.2, 0.25) is 15.9 Å². The summed E-state index contributed by atoms with van der Waals surface area (Å²) in [7, 11) is -0.808. The standard InChI is InChI=1S/C20H23BrN2O5S/c1-27-18-9-8-17(12-19(18)28-2)29(25,26)23-10-4-5-14(13-23)20(24)22-16-7-3-6-15(21)11-16/h3,6-9,11-12,14H,4-5,10,13H2,1-2H3,(H,22,24)/t14-/m1/s1. The van der Waals surface area contributed by atoms with Crippen LogP contribution in [0.4, 0.5) is 5.69 Å². The Hall–Kier alpha value is -2.10. The first kappa shape index (κ1) is 21.6. The van der Waals surface area contributed by atoms with Gasteiger partial charge in [0, 0.05) is 29.3 Å². The number of carbonyl (C=O) groups is 1. The number of amides is 1. The van der Waals surface area contributed by atoms with Gasteiger partial charge in [-0.05, 0) is 43.2 Å². The van der Waals surface area contributed by atoms with Crippen molar-refractivity contribution in [2.45, 2.75) is 17.7 Å². The molecule has 0 unspecified atom stereocenters. The lowest BCUT2D eigenvalue weighted by Gasteiger charge is -2.31. The number of carbonyl (C=O) groups excluding carboxylic acids is 1. The van der Waals surface area contributed by atoms with Gasteiger partial charge in [0.15, 0.2) is 11.5 Å². The Morgan fingerprint density at radius 3 is 2.59 bits per heavy atom. The molecule has 1 amide bonds. The summed E-state index contributed by atoms with van der Waals surface area (Å²) in [5.41, 5.74) is 0.671. The van der Waals surface area contributed by atoms with Crippen molar-refractivity contribution in [1.29, 1.82) is 0 Å². The molecular weight excluding hydrogens is 460 g/mol. The van der Waals surface area contributed by atoms with Gasteiger partial charge in [0.25, 0.3) is 0 Å². The number of hydrogen-bond donors (Lipinski definition) is 1. The molecule has 2 aromatic carbocycles. The first-order valence-electron chi connectivity index (χ1n) is 9.13. The molecule has 0 spiro atoms. The van der Waals surface area contributed by atoms with Crippen molar-refractivity contribution in [1.82, 2.24) is 4.31 Å². The Morgan fingerprint density at radius 1 is 1.14 bits per heavy atom. The van der Waals surface area contributed by atoms with E-state index in [0.29, 0.717) is 36.6 Å². The van der Waals surface area contributed by atoms with Gasteiger partial charge in [-0.2, -0.15) is 4.31 Å². The van der Waals surface area contributed by atoms with Gasteiger partial charge < -0.3 is 14.8 Å². The molecule has 7 nitrogen and oxygen atoms in total. The minimum absolute atomic E-state index is 0.114. The fourth-order valence-electron chi connectivity index (χ4n) is 3.31. The van der Waals surface area contributed by atoms with Gasteiger partial charge in [-0.3, -0.25) is 4.79 Å². The van der Waals surface area contributed by atoms with Crippen LogP contribution in [0.3, 0.4) is 0 Å².